The van der Waals surface area contributed by atoms with Crippen LogP contribution in [0.1, 0.15) is 29.8 Å². The van der Waals surface area contributed by atoms with E-state index in [0.29, 0.717) is 20.8 Å². The third kappa shape index (κ3) is 5.24. The van der Waals surface area contributed by atoms with Gasteiger partial charge in [0.25, 0.3) is 12.9 Å². The molecule has 3 aromatic rings. The van der Waals surface area contributed by atoms with Crippen molar-refractivity contribution < 1.29 is 22.4 Å². The van der Waals surface area contributed by atoms with Crippen LogP contribution in [0.2, 0.25) is 15.1 Å². The van der Waals surface area contributed by atoms with Crippen LogP contribution in [-0.4, -0.2) is 25.5 Å². The van der Waals surface area contributed by atoms with E-state index in [2.05, 4.69) is 15.5 Å². The standard InChI is InChI=1S/C17H12Cl3F4N5O/c18-9-2-1-8(3-10(9)19)5-28-6-11(20)17(27-28)25-14(30)7-29-13(16(23)24)4-12(26-29)15(21)22/h1-4,6,15-16H,5,7H2,(H,25,27,30). The van der Waals surface area contributed by atoms with Gasteiger partial charge in [0.05, 0.1) is 16.6 Å². The van der Waals surface area contributed by atoms with Crippen molar-refractivity contribution in [2.45, 2.75) is 25.9 Å². The first-order valence-corrected chi connectivity index (χ1v) is 9.38. The second kappa shape index (κ2) is 9.23. The Bertz CT molecular complexity index is 1070. The Hall–Kier alpha value is -2.30. The van der Waals surface area contributed by atoms with Crippen molar-refractivity contribution in [3.63, 3.8) is 0 Å². The predicted octanol–water partition coefficient (Wildman–Crippen LogP) is 5.60. The molecule has 0 radical (unpaired) electrons. The Morgan fingerprint density at radius 3 is 2.37 bits per heavy atom. The number of hydrogen-bond donors (Lipinski definition) is 1. The molecule has 0 bridgehead atoms. The number of hydrogen-bond acceptors (Lipinski definition) is 3. The van der Waals surface area contributed by atoms with Crippen molar-refractivity contribution in [3.05, 3.63) is 62.5 Å². The summed E-state index contributed by atoms with van der Waals surface area (Å²) in [6.07, 6.45) is -4.68. The second-order valence-corrected chi connectivity index (χ2v) is 7.29. The van der Waals surface area contributed by atoms with Gasteiger partial charge in [-0.15, -0.1) is 0 Å². The number of amides is 1. The maximum Gasteiger partial charge on any atom is 0.282 e. The highest BCUT2D eigenvalue weighted by Crippen LogP contribution is 2.26. The number of carbonyl (C=O) groups is 1. The zero-order valence-corrected chi connectivity index (χ0v) is 17.1. The van der Waals surface area contributed by atoms with Crippen molar-refractivity contribution in [3.8, 4) is 0 Å². The molecular formula is C17H12Cl3F4N5O. The first-order valence-electron chi connectivity index (χ1n) is 8.24. The Kier molecular flexibility index (Phi) is 6.89. The maximum atomic E-state index is 13.0. The number of anilines is 1. The van der Waals surface area contributed by atoms with E-state index >= 15 is 0 Å². The van der Waals surface area contributed by atoms with Crippen LogP contribution in [0.25, 0.3) is 0 Å². The summed E-state index contributed by atoms with van der Waals surface area (Å²) in [5, 5.41) is 10.7. The molecule has 0 aliphatic rings. The van der Waals surface area contributed by atoms with Crippen LogP contribution in [0.4, 0.5) is 23.4 Å². The van der Waals surface area contributed by atoms with Crippen LogP contribution in [0.3, 0.4) is 0 Å². The number of carbonyl (C=O) groups excluding carboxylic acids is 1. The first kappa shape index (κ1) is 22.4. The molecular weight excluding hydrogens is 473 g/mol. The molecule has 0 unspecified atom stereocenters. The van der Waals surface area contributed by atoms with Crippen LogP contribution < -0.4 is 5.32 Å². The lowest BCUT2D eigenvalue weighted by Crippen LogP contribution is -2.21. The lowest BCUT2D eigenvalue weighted by Gasteiger charge is -2.07. The summed E-state index contributed by atoms with van der Waals surface area (Å²) in [7, 11) is 0. The van der Waals surface area contributed by atoms with Crippen LogP contribution in [0.5, 0.6) is 0 Å². The fourth-order valence-corrected chi connectivity index (χ4v) is 3.07. The third-order valence-electron chi connectivity index (χ3n) is 3.87. The molecule has 2 heterocycles. The van der Waals surface area contributed by atoms with E-state index in [0.717, 1.165) is 5.56 Å². The zero-order valence-electron chi connectivity index (χ0n) is 14.8. The molecule has 2 aromatic heterocycles. The fourth-order valence-electron chi connectivity index (χ4n) is 2.56. The summed E-state index contributed by atoms with van der Waals surface area (Å²) in [4.78, 5) is 12.2. The largest absolute Gasteiger partial charge is 0.306 e. The Labute approximate surface area is 182 Å². The van der Waals surface area contributed by atoms with Crippen molar-refractivity contribution in [2.75, 3.05) is 5.32 Å². The Morgan fingerprint density at radius 1 is 1.00 bits per heavy atom. The van der Waals surface area contributed by atoms with Gasteiger partial charge in [-0.05, 0) is 23.8 Å². The molecule has 0 aliphatic heterocycles. The average molecular weight is 485 g/mol. The number of benzene rings is 1. The fraction of sp³-hybridized carbons (Fsp3) is 0.235. The van der Waals surface area contributed by atoms with E-state index in [-0.39, 0.29) is 17.4 Å². The van der Waals surface area contributed by atoms with E-state index in [1.807, 2.05) is 0 Å². The van der Waals surface area contributed by atoms with Crippen LogP contribution in [0.15, 0.2) is 30.5 Å². The molecule has 160 valence electrons. The van der Waals surface area contributed by atoms with Crippen molar-refractivity contribution in [1.82, 2.24) is 19.6 Å². The molecule has 1 aromatic carbocycles. The van der Waals surface area contributed by atoms with E-state index in [4.69, 9.17) is 34.8 Å². The Balaban J connectivity index is 1.71. The van der Waals surface area contributed by atoms with Gasteiger partial charge >= 0.3 is 0 Å². The van der Waals surface area contributed by atoms with Crippen molar-refractivity contribution in [2.24, 2.45) is 0 Å². The minimum atomic E-state index is -3.08. The predicted molar refractivity (Wildman–Crippen MR) is 104 cm³/mol. The monoisotopic (exact) mass is 483 g/mol. The quantitative estimate of drug-likeness (QED) is 0.444. The lowest BCUT2D eigenvalue weighted by molar-refractivity contribution is -0.117. The number of halogens is 7. The molecule has 3 rings (SSSR count). The van der Waals surface area contributed by atoms with Crippen molar-refractivity contribution in [1.29, 1.82) is 0 Å². The van der Waals surface area contributed by atoms with Crippen LogP contribution >= 0.6 is 34.8 Å². The summed E-state index contributed by atoms with van der Waals surface area (Å²) in [5.41, 5.74) is -0.877. The summed E-state index contributed by atoms with van der Waals surface area (Å²) >= 11 is 17.9. The molecule has 0 fully saturated rings. The van der Waals surface area contributed by atoms with Gasteiger partial charge in [0.15, 0.2) is 5.82 Å². The van der Waals surface area contributed by atoms with Gasteiger partial charge < -0.3 is 5.32 Å². The van der Waals surface area contributed by atoms with Crippen LogP contribution in [-0.2, 0) is 17.9 Å². The highest BCUT2D eigenvalue weighted by Gasteiger charge is 2.23. The summed E-state index contributed by atoms with van der Waals surface area (Å²) in [6.45, 7) is -0.457. The number of alkyl halides is 4. The highest BCUT2D eigenvalue weighted by molar-refractivity contribution is 6.42. The number of rotatable bonds is 7. The zero-order chi connectivity index (χ0) is 22.0. The molecule has 0 spiro atoms. The molecule has 0 saturated heterocycles. The summed E-state index contributed by atoms with van der Waals surface area (Å²) < 4.78 is 53.4. The number of nitrogens with zero attached hydrogens (tertiary/aromatic N) is 4. The average Bonchev–Trinajstić information content (AvgIpc) is 3.22. The maximum absolute atomic E-state index is 13.0. The summed E-state index contributed by atoms with van der Waals surface area (Å²) in [5.74, 6) is -0.843. The minimum absolute atomic E-state index is 0.0263. The highest BCUT2D eigenvalue weighted by atomic mass is 35.5. The Morgan fingerprint density at radius 2 is 1.73 bits per heavy atom. The summed E-state index contributed by atoms with van der Waals surface area (Å²) in [6, 6.07) is 5.54. The first-order chi connectivity index (χ1) is 14.1. The third-order valence-corrected chi connectivity index (χ3v) is 4.89. The van der Waals surface area contributed by atoms with E-state index in [1.54, 1.807) is 18.2 Å². The topological polar surface area (TPSA) is 64.7 Å². The molecule has 1 amide bonds. The van der Waals surface area contributed by atoms with Gasteiger partial charge in [0.1, 0.15) is 23.0 Å². The van der Waals surface area contributed by atoms with Gasteiger partial charge in [0, 0.05) is 6.20 Å². The molecule has 1 N–H and O–H groups in total. The smallest absolute Gasteiger partial charge is 0.282 e. The van der Waals surface area contributed by atoms with Crippen LogP contribution in [0, 0.1) is 0 Å². The number of aromatic nitrogens is 4. The van der Waals surface area contributed by atoms with E-state index < -0.39 is 36.7 Å². The van der Waals surface area contributed by atoms with Gasteiger partial charge in [-0.1, -0.05) is 40.9 Å². The minimum Gasteiger partial charge on any atom is -0.306 e. The molecule has 30 heavy (non-hydrogen) atoms. The van der Waals surface area contributed by atoms with Gasteiger partial charge in [0.2, 0.25) is 5.91 Å². The van der Waals surface area contributed by atoms with Gasteiger partial charge in [-0.2, -0.15) is 10.2 Å². The molecule has 13 heteroatoms. The molecule has 0 aliphatic carbocycles. The SMILES string of the molecule is O=C(Cn1nc(C(F)F)cc1C(F)F)Nc1nn(Cc2ccc(Cl)c(Cl)c2)cc1Cl. The van der Waals surface area contributed by atoms with E-state index in [1.165, 1.54) is 10.9 Å². The van der Waals surface area contributed by atoms with Gasteiger partial charge in [-0.25, -0.2) is 17.6 Å². The van der Waals surface area contributed by atoms with E-state index in [9.17, 15) is 22.4 Å². The normalized spacial score (nSPS) is 11.5. The van der Waals surface area contributed by atoms with Gasteiger partial charge in [-0.3, -0.25) is 14.2 Å². The second-order valence-electron chi connectivity index (χ2n) is 6.07. The lowest BCUT2D eigenvalue weighted by atomic mass is 10.2. The molecule has 0 atom stereocenters. The van der Waals surface area contributed by atoms with Crippen molar-refractivity contribution >= 4 is 46.5 Å². The molecule has 0 saturated carbocycles. The molecule has 6 nitrogen and oxygen atoms in total. The number of nitrogens with one attached hydrogen (secondary N) is 1.